The number of rotatable bonds is 7. The highest BCUT2D eigenvalue weighted by Crippen LogP contribution is 2.17. The SMILES string of the molecule is CCCC(C)NCC(c1ccccc1)N(C)C. The molecular weight excluding hydrogens is 208 g/mol. The standard InChI is InChI=1S/C15H26N2/c1-5-9-13(2)16-12-15(17(3)4)14-10-7-6-8-11-14/h6-8,10-11,13,15-16H,5,9,12H2,1-4H3. The summed E-state index contributed by atoms with van der Waals surface area (Å²) >= 11 is 0. The fourth-order valence-corrected chi connectivity index (χ4v) is 2.12. The van der Waals surface area contributed by atoms with E-state index in [0.29, 0.717) is 12.1 Å². The van der Waals surface area contributed by atoms with Crippen molar-refractivity contribution in [1.82, 2.24) is 10.2 Å². The molecular formula is C15H26N2. The second-order valence-corrected chi connectivity index (χ2v) is 4.99. The van der Waals surface area contributed by atoms with E-state index in [1.807, 2.05) is 0 Å². The summed E-state index contributed by atoms with van der Waals surface area (Å²) in [6.07, 6.45) is 2.49. The van der Waals surface area contributed by atoms with Gasteiger partial charge in [0, 0.05) is 18.6 Å². The Hall–Kier alpha value is -0.860. The smallest absolute Gasteiger partial charge is 0.0466 e. The lowest BCUT2D eigenvalue weighted by atomic mass is 10.1. The van der Waals surface area contributed by atoms with E-state index in [9.17, 15) is 0 Å². The highest BCUT2D eigenvalue weighted by Gasteiger charge is 2.14. The Morgan fingerprint density at radius 2 is 1.82 bits per heavy atom. The molecule has 1 aromatic carbocycles. The predicted molar refractivity (Wildman–Crippen MR) is 75.2 cm³/mol. The summed E-state index contributed by atoms with van der Waals surface area (Å²) in [6.45, 7) is 5.51. The third-order valence-electron chi connectivity index (χ3n) is 3.19. The van der Waals surface area contributed by atoms with E-state index < -0.39 is 0 Å². The molecule has 0 amide bonds. The molecule has 2 nitrogen and oxygen atoms in total. The van der Waals surface area contributed by atoms with Crippen LogP contribution < -0.4 is 5.32 Å². The van der Waals surface area contributed by atoms with Crippen LogP contribution in [0.2, 0.25) is 0 Å². The molecule has 1 aromatic rings. The van der Waals surface area contributed by atoms with Gasteiger partial charge in [0.15, 0.2) is 0 Å². The van der Waals surface area contributed by atoms with Gasteiger partial charge in [0.05, 0.1) is 0 Å². The monoisotopic (exact) mass is 234 g/mol. The molecule has 0 aliphatic heterocycles. The highest BCUT2D eigenvalue weighted by atomic mass is 15.1. The molecule has 1 N–H and O–H groups in total. The summed E-state index contributed by atoms with van der Waals surface area (Å²) < 4.78 is 0. The first-order chi connectivity index (χ1) is 8.15. The van der Waals surface area contributed by atoms with Gasteiger partial charge >= 0.3 is 0 Å². The van der Waals surface area contributed by atoms with Crippen LogP contribution >= 0.6 is 0 Å². The molecule has 0 bridgehead atoms. The van der Waals surface area contributed by atoms with Gasteiger partial charge in [-0.2, -0.15) is 0 Å². The number of hydrogen-bond donors (Lipinski definition) is 1. The lowest BCUT2D eigenvalue weighted by Crippen LogP contribution is -2.35. The molecule has 1 rings (SSSR count). The predicted octanol–water partition coefficient (Wildman–Crippen LogP) is 3.07. The molecule has 96 valence electrons. The van der Waals surface area contributed by atoms with Crippen molar-refractivity contribution in [3.05, 3.63) is 35.9 Å². The van der Waals surface area contributed by atoms with Crippen molar-refractivity contribution < 1.29 is 0 Å². The number of benzene rings is 1. The van der Waals surface area contributed by atoms with Crippen LogP contribution in [0.5, 0.6) is 0 Å². The van der Waals surface area contributed by atoms with Crippen molar-refractivity contribution in [2.24, 2.45) is 0 Å². The van der Waals surface area contributed by atoms with E-state index in [1.165, 1.54) is 18.4 Å². The Bertz CT molecular complexity index is 295. The summed E-state index contributed by atoms with van der Waals surface area (Å²) in [5.74, 6) is 0. The van der Waals surface area contributed by atoms with Gasteiger partial charge < -0.3 is 10.2 Å². The zero-order valence-electron chi connectivity index (χ0n) is 11.6. The maximum absolute atomic E-state index is 3.62. The van der Waals surface area contributed by atoms with Crippen molar-refractivity contribution in [1.29, 1.82) is 0 Å². The Balaban J connectivity index is 2.56. The van der Waals surface area contributed by atoms with Crippen LogP contribution in [-0.4, -0.2) is 31.6 Å². The first-order valence-electron chi connectivity index (χ1n) is 6.60. The molecule has 0 aromatic heterocycles. The Labute approximate surface area is 106 Å². The zero-order valence-corrected chi connectivity index (χ0v) is 11.6. The molecule has 0 aliphatic carbocycles. The van der Waals surface area contributed by atoms with Crippen LogP contribution in [-0.2, 0) is 0 Å². The van der Waals surface area contributed by atoms with Gasteiger partial charge in [-0.3, -0.25) is 0 Å². The third kappa shape index (κ3) is 4.88. The van der Waals surface area contributed by atoms with E-state index in [1.54, 1.807) is 0 Å². The molecule has 0 spiro atoms. The number of nitrogens with one attached hydrogen (secondary N) is 1. The van der Waals surface area contributed by atoms with Crippen LogP contribution in [0.1, 0.15) is 38.3 Å². The molecule has 0 saturated carbocycles. The summed E-state index contributed by atoms with van der Waals surface area (Å²) in [5.41, 5.74) is 1.38. The lowest BCUT2D eigenvalue weighted by Gasteiger charge is -2.27. The van der Waals surface area contributed by atoms with Crippen LogP contribution in [0.3, 0.4) is 0 Å². The molecule has 17 heavy (non-hydrogen) atoms. The largest absolute Gasteiger partial charge is 0.312 e. The van der Waals surface area contributed by atoms with E-state index in [-0.39, 0.29) is 0 Å². The molecule has 2 unspecified atom stereocenters. The molecule has 0 fully saturated rings. The maximum atomic E-state index is 3.62. The van der Waals surface area contributed by atoms with Crippen LogP contribution in [0.15, 0.2) is 30.3 Å². The van der Waals surface area contributed by atoms with Crippen molar-refractivity contribution in [3.8, 4) is 0 Å². The Kier molecular flexibility index (Phi) is 6.23. The first-order valence-corrected chi connectivity index (χ1v) is 6.60. The molecule has 0 aliphatic rings. The number of nitrogens with zero attached hydrogens (tertiary/aromatic N) is 1. The number of likely N-dealkylation sites (N-methyl/N-ethyl adjacent to an activating group) is 1. The van der Waals surface area contributed by atoms with Gasteiger partial charge in [-0.1, -0.05) is 43.7 Å². The fraction of sp³-hybridized carbons (Fsp3) is 0.600. The second kappa shape index (κ2) is 7.46. The van der Waals surface area contributed by atoms with Gasteiger partial charge in [0.25, 0.3) is 0 Å². The zero-order chi connectivity index (χ0) is 12.7. The van der Waals surface area contributed by atoms with E-state index in [0.717, 1.165) is 6.54 Å². The van der Waals surface area contributed by atoms with Gasteiger partial charge in [-0.25, -0.2) is 0 Å². The van der Waals surface area contributed by atoms with Crippen molar-refractivity contribution in [2.45, 2.75) is 38.8 Å². The maximum Gasteiger partial charge on any atom is 0.0466 e. The first kappa shape index (κ1) is 14.2. The van der Waals surface area contributed by atoms with Gasteiger partial charge in [0.1, 0.15) is 0 Å². The summed E-state index contributed by atoms with van der Waals surface area (Å²) in [7, 11) is 4.29. The number of hydrogen-bond acceptors (Lipinski definition) is 2. The second-order valence-electron chi connectivity index (χ2n) is 4.99. The quantitative estimate of drug-likeness (QED) is 0.780. The van der Waals surface area contributed by atoms with Crippen molar-refractivity contribution in [2.75, 3.05) is 20.6 Å². The third-order valence-corrected chi connectivity index (χ3v) is 3.19. The summed E-state index contributed by atoms with van der Waals surface area (Å²) in [6, 6.07) is 11.8. The van der Waals surface area contributed by atoms with E-state index in [2.05, 4.69) is 68.5 Å². The molecule has 2 heteroatoms. The highest BCUT2D eigenvalue weighted by molar-refractivity contribution is 5.19. The Morgan fingerprint density at radius 3 is 2.35 bits per heavy atom. The molecule has 2 atom stereocenters. The topological polar surface area (TPSA) is 15.3 Å². The van der Waals surface area contributed by atoms with Gasteiger partial charge in [-0.05, 0) is 33.0 Å². The minimum atomic E-state index is 0.454. The average molecular weight is 234 g/mol. The summed E-state index contributed by atoms with van der Waals surface area (Å²) in [4.78, 5) is 2.28. The molecule has 0 saturated heterocycles. The minimum Gasteiger partial charge on any atom is -0.312 e. The Morgan fingerprint density at radius 1 is 1.18 bits per heavy atom. The van der Waals surface area contributed by atoms with Crippen LogP contribution in [0, 0.1) is 0 Å². The van der Waals surface area contributed by atoms with Crippen LogP contribution in [0.25, 0.3) is 0 Å². The van der Waals surface area contributed by atoms with Crippen molar-refractivity contribution in [3.63, 3.8) is 0 Å². The lowest BCUT2D eigenvalue weighted by molar-refractivity contribution is 0.279. The minimum absolute atomic E-state index is 0.454. The normalized spacial score (nSPS) is 14.9. The molecule has 0 heterocycles. The van der Waals surface area contributed by atoms with Gasteiger partial charge in [-0.15, -0.1) is 0 Å². The fourth-order valence-electron chi connectivity index (χ4n) is 2.12. The van der Waals surface area contributed by atoms with Crippen molar-refractivity contribution >= 4 is 0 Å². The van der Waals surface area contributed by atoms with E-state index >= 15 is 0 Å². The average Bonchev–Trinajstić information content (AvgIpc) is 2.30. The van der Waals surface area contributed by atoms with Crippen LogP contribution in [0.4, 0.5) is 0 Å². The molecule has 0 radical (unpaired) electrons. The van der Waals surface area contributed by atoms with E-state index in [4.69, 9.17) is 0 Å². The summed E-state index contributed by atoms with van der Waals surface area (Å²) in [5, 5.41) is 3.62. The van der Waals surface area contributed by atoms with Gasteiger partial charge in [0.2, 0.25) is 0 Å².